The number of hydrogen-bond acceptors (Lipinski definition) is 3. The molecule has 0 saturated heterocycles. The van der Waals surface area contributed by atoms with E-state index < -0.39 is 0 Å². The first kappa shape index (κ1) is 15.2. The average molecular weight is 326 g/mol. The van der Waals surface area contributed by atoms with Crippen LogP contribution in [0.4, 0.5) is 11.5 Å². The topological polar surface area (TPSA) is 53.1 Å². The summed E-state index contributed by atoms with van der Waals surface area (Å²) in [4.78, 5) is 4.72. The fourth-order valence-corrected chi connectivity index (χ4v) is 3.41. The lowest BCUT2D eigenvalue weighted by Gasteiger charge is -2.18. The Morgan fingerprint density at radius 1 is 1.08 bits per heavy atom. The van der Waals surface area contributed by atoms with Crippen LogP contribution in [0.2, 0.25) is 0 Å². The molecule has 0 amide bonds. The summed E-state index contributed by atoms with van der Waals surface area (Å²) < 4.78 is 2.08. The second-order valence-electron chi connectivity index (χ2n) is 6.04. The minimum absolute atomic E-state index is 0.645. The molecule has 0 atom stereocenters. The van der Waals surface area contributed by atoms with Crippen LogP contribution in [0.1, 0.15) is 23.6 Å². The number of imidazole rings is 1. The highest BCUT2D eigenvalue weighted by molar-refractivity contribution is 5.87. The number of nitrogens with one attached hydrogen (secondary N) is 1. The fraction of sp³-hybridized carbons (Fsp3) is 0.143. The number of aromatic nitrogens is 2. The van der Waals surface area contributed by atoms with Crippen LogP contribution in [0.5, 0.6) is 0 Å². The fourth-order valence-electron chi connectivity index (χ4n) is 3.41. The standard InChI is InChI=1S/C21H18N4/c1-3-16-14(2)17(13-22)21-24-18-11-7-8-12-19(18)25(21)20(16)23-15-9-5-4-6-10-15/h4-12,23H,3H2,1-2H3. The molecule has 0 bridgehead atoms. The zero-order valence-electron chi connectivity index (χ0n) is 14.2. The Hall–Kier alpha value is -3.32. The van der Waals surface area contributed by atoms with Gasteiger partial charge in [-0.25, -0.2) is 4.98 Å². The molecular weight excluding hydrogens is 308 g/mol. The third-order valence-corrected chi connectivity index (χ3v) is 4.62. The van der Waals surface area contributed by atoms with E-state index in [9.17, 15) is 5.26 Å². The molecule has 4 nitrogen and oxygen atoms in total. The first-order chi connectivity index (χ1) is 12.2. The molecule has 2 aromatic heterocycles. The molecule has 2 aromatic carbocycles. The normalized spacial score (nSPS) is 10.9. The van der Waals surface area contributed by atoms with Crippen molar-refractivity contribution in [2.75, 3.05) is 5.32 Å². The smallest absolute Gasteiger partial charge is 0.157 e. The number of fused-ring (bicyclic) bond motifs is 3. The average Bonchev–Trinajstić information content (AvgIpc) is 3.02. The summed E-state index contributed by atoms with van der Waals surface area (Å²) in [6, 6.07) is 20.4. The quantitative estimate of drug-likeness (QED) is 0.578. The van der Waals surface area contributed by atoms with Crippen molar-refractivity contribution >= 4 is 28.2 Å². The summed E-state index contributed by atoms with van der Waals surface area (Å²) in [5, 5.41) is 13.3. The van der Waals surface area contributed by atoms with Crippen LogP contribution >= 0.6 is 0 Å². The predicted octanol–water partition coefficient (Wildman–Crippen LogP) is 4.97. The highest BCUT2D eigenvalue weighted by atomic mass is 15.1. The number of hydrogen-bond donors (Lipinski definition) is 1. The number of pyridine rings is 1. The van der Waals surface area contributed by atoms with E-state index in [1.807, 2.05) is 61.5 Å². The van der Waals surface area contributed by atoms with Crippen LogP contribution in [-0.4, -0.2) is 9.38 Å². The van der Waals surface area contributed by atoms with Gasteiger partial charge in [0.2, 0.25) is 0 Å². The Bertz CT molecular complexity index is 1120. The summed E-state index contributed by atoms with van der Waals surface area (Å²) in [5.74, 6) is 0.980. The minimum atomic E-state index is 0.645. The van der Waals surface area contributed by atoms with E-state index >= 15 is 0 Å². The molecule has 4 heteroatoms. The van der Waals surface area contributed by atoms with Crippen molar-refractivity contribution in [3.8, 4) is 6.07 Å². The number of benzene rings is 2. The molecule has 25 heavy (non-hydrogen) atoms. The summed E-state index contributed by atoms with van der Waals surface area (Å²) in [7, 11) is 0. The molecule has 4 aromatic rings. The minimum Gasteiger partial charge on any atom is -0.341 e. The van der Waals surface area contributed by atoms with Crippen LogP contribution in [0.15, 0.2) is 54.6 Å². The van der Waals surface area contributed by atoms with Crippen molar-refractivity contribution in [1.29, 1.82) is 5.26 Å². The van der Waals surface area contributed by atoms with Gasteiger partial charge in [0.05, 0.1) is 16.6 Å². The summed E-state index contributed by atoms with van der Waals surface area (Å²) in [6.07, 6.45) is 0.831. The van der Waals surface area contributed by atoms with Crippen molar-refractivity contribution in [1.82, 2.24) is 9.38 Å². The Balaban J connectivity index is 2.13. The molecule has 2 heterocycles. The van der Waals surface area contributed by atoms with Crippen LogP contribution in [0, 0.1) is 18.3 Å². The molecule has 0 aliphatic rings. The highest BCUT2D eigenvalue weighted by Crippen LogP contribution is 2.32. The lowest BCUT2D eigenvalue weighted by Crippen LogP contribution is -2.07. The molecule has 0 radical (unpaired) electrons. The SMILES string of the molecule is CCc1c(C)c(C#N)c2nc3ccccc3n2c1Nc1ccccc1. The van der Waals surface area contributed by atoms with Gasteiger partial charge >= 0.3 is 0 Å². The number of nitrogens with zero attached hydrogens (tertiary/aromatic N) is 3. The van der Waals surface area contributed by atoms with E-state index in [0.29, 0.717) is 11.2 Å². The van der Waals surface area contributed by atoms with Gasteiger partial charge < -0.3 is 5.32 Å². The Labute approximate surface area is 146 Å². The zero-order valence-corrected chi connectivity index (χ0v) is 14.2. The third kappa shape index (κ3) is 2.33. The Morgan fingerprint density at radius 3 is 2.52 bits per heavy atom. The van der Waals surface area contributed by atoms with E-state index in [4.69, 9.17) is 4.98 Å². The molecule has 0 aliphatic heterocycles. The van der Waals surface area contributed by atoms with Crippen molar-refractivity contribution < 1.29 is 0 Å². The molecule has 122 valence electrons. The summed E-state index contributed by atoms with van der Waals surface area (Å²) in [6.45, 7) is 4.12. The van der Waals surface area contributed by atoms with Gasteiger partial charge in [-0.05, 0) is 48.7 Å². The zero-order chi connectivity index (χ0) is 17.4. The van der Waals surface area contributed by atoms with Crippen molar-refractivity contribution in [3.63, 3.8) is 0 Å². The van der Waals surface area contributed by atoms with Crippen molar-refractivity contribution in [2.24, 2.45) is 0 Å². The Morgan fingerprint density at radius 2 is 1.80 bits per heavy atom. The first-order valence-corrected chi connectivity index (χ1v) is 8.39. The van der Waals surface area contributed by atoms with E-state index in [0.717, 1.165) is 40.1 Å². The first-order valence-electron chi connectivity index (χ1n) is 8.39. The van der Waals surface area contributed by atoms with Gasteiger partial charge in [-0.15, -0.1) is 0 Å². The van der Waals surface area contributed by atoms with Gasteiger partial charge in [-0.2, -0.15) is 5.26 Å². The number of para-hydroxylation sites is 3. The molecular formula is C21H18N4. The second-order valence-corrected chi connectivity index (χ2v) is 6.04. The van der Waals surface area contributed by atoms with Crippen LogP contribution in [-0.2, 0) is 6.42 Å². The van der Waals surface area contributed by atoms with Gasteiger partial charge in [-0.3, -0.25) is 4.40 Å². The largest absolute Gasteiger partial charge is 0.341 e. The van der Waals surface area contributed by atoms with Gasteiger partial charge in [0.15, 0.2) is 5.65 Å². The van der Waals surface area contributed by atoms with Crippen molar-refractivity contribution in [2.45, 2.75) is 20.3 Å². The molecule has 0 fully saturated rings. The highest BCUT2D eigenvalue weighted by Gasteiger charge is 2.19. The van der Waals surface area contributed by atoms with Gasteiger partial charge in [0.1, 0.15) is 11.9 Å². The maximum atomic E-state index is 9.72. The van der Waals surface area contributed by atoms with Crippen LogP contribution in [0.25, 0.3) is 16.7 Å². The van der Waals surface area contributed by atoms with E-state index in [-0.39, 0.29) is 0 Å². The number of nitriles is 1. The van der Waals surface area contributed by atoms with Crippen LogP contribution in [0.3, 0.4) is 0 Å². The van der Waals surface area contributed by atoms with Gasteiger partial charge in [0, 0.05) is 5.69 Å². The van der Waals surface area contributed by atoms with Crippen LogP contribution < -0.4 is 5.32 Å². The number of rotatable bonds is 3. The maximum Gasteiger partial charge on any atom is 0.157 e. The van der Waals surface area contributed by atoms with E-state index in [1.54, 1.807) is 0 Å². The molecule has 0 aliphatic carbocycles. The third-order valence-electron chi connectivity index (χ3n) is 4.62. The monoisotopic (exact) mass is 326 g/mol. The molecule has 1 N–H and O–H groups in total. The summed E-state index contributed by atoms with van der Waals surface area (Å²) >= 11 is 0. The molecule has 0 saturated carbocycles. The second kappa shape index (κ2) is 5.95. The van der Waals surface area contributed by atoms with Gasteiger partial charge in [0.25, 0.3) is 0 Å². The molecule has 4 rings (SSSR count). The van der Waals surface area contributed by atoms with E-state index in [2.05, 4.69) is 22.7 Å². The Kier molecular flexibility index (Phi) is 3.62. The van der Waals surface area contributed by atoms with Gasteiger partial charge in [-0.1, -0.05) is 37.3 Å². The maximum absolute atomic E-state index is 9.72. The summed E-state index contributed by atoms with van der Waals surface area (Å²) in [5.41, 5.74) is 6.39. The number of anilines is 2. The predicted molar refractivity (Wildman–Crippen MR) is 101 cm³/mol. The lowest BCUT2D eigenvalue weighted by molar-refractivity contribution is 1.05. The molecule has 0 spiro atoms. The van der Waals surface area contributed by atoms with Crippen molar-refractivity contribution in [3.05, 3.63) is 71.3 Å². The lowest BCUT2D eigenvalue weighted by atomic mass is 10.0. The molecule has 0 unspecified atom stereocenters. The van der Waals surface area contributed by atoms with E-state index in [1.165, 1.54) is 0 Å².